The highest BCUT2D eigenvalue weighted by molar-refractivity contribution is 14.1. The number of hydrazone groups is 1. The summed E-state index contributed by atoms with van der Waals surface area (Å²) in [6.45, 7) is 0.120. The fraction of sp³-hybridized carbons (Fsp3) is 0.0455. The number of esters is 1. The molecule has 0 heterocycles. The Morgan fingerprint density at radius 2 is 1.62 bits per heavy atom. The van der Waals surface area contributed by atoms with E-state index in [1.54, 1.807) is 36.4 Å². The molecule has 2 N–H and O–H groups in total. The Labute approximate surface area is 182 Å². The lowest BCUT2D eigenvalue weighted by atomic mass is 10.2. The van der Waals surface area contributed by atoms with Crippen molar-refractivity contribution in [2.45, 2.75) is 0 Å². The van der Waals surface area contributed by atoms with Crippen molar-refractivity contribution < 1.29 is 14.3 Å². The fourth-order valence-electron chi connectivity index (χ4n) is 2.37. The van der Waals surface area contributed by atoms with Gasteiger partial charge in [0.15, 0.2) is 0 Å². The third kappa shape index (κ3) is 6.42. The summed E-state index contributed by atoms with van der Waals surface area (Å²) in [5, 5.41) is 6.93. The highest BCUT2D eigenvalue weighted by Gasteiger charge is 2.11. The number of para-hydroxylation sites is 1. The van der Waals surface area contributed by atoms with Crippen molar-refractivity contribution in [3.8, 4) is 5.75 Å². The van der Waals surface area contributed by atoms with E-state index in [0.29, 0.717) is 11.3 Å². The average molecular weight is 499 g/mol. The zero-order chi connectivity index (χ0) is 20.5. The van der Waals surface area contributed by atoms with Crippen molar-refractivity contribution >= 4 is 46.4 Å². The smallest absolute Gasteiger partial charge is 0.344 e. The third-order valence-electron chi connectivity index (χ3n) is 3.81. The van der Waals surface area contributed by atoms with Gasteiger partial charge in [-0.3, -0.25) is 4.79 Å². The number of rotatable bonds is 7. The van der Waals surface area contributed by atoms with Crippen molar-refractivity contribution in [1.82, 2.24) is 5.43 Å². The van der Waals surface area contributed by atoms with Crippen molar-refractivity contribution in [2.24, 2.45) is 5.10 Å². The van der Waals surface area contributed by atoms with Crippen molar-refractivity contribution in [3.05, 3.63) is 93.6 Å². The van der Waals surface area contributed by atoms with Crippen LogP contribution in [0.1, 0.15) is 15.9 Å². The molecule has 3 aromatic rings. The number of hydrogen-bond acceptors (Lipinski definition) is 5. The zero-order valence-electron chi connectivity index (χ0n) is 15.3. The Hall–Kier alpha value is -3.20. The minimum absolute atomic E-state index is 0.120. The standard InChI is InChI=1S/C22H18IN3O3/c23-20-9-5-4-8-19(20)22(28)29-18-12-10-16(11-13-18)14-25-26-21(27)15-24-17-6-2-1-3-7-17/h1-14,24H,15H2,(H,26,27)/b25-14+. The van der Waals surface area contributed by atoms with E-state index in [-0.39, 0.29) is 12.5 Å². The summed E-state index contributed by atoms with van der Waals surface area (Å²) in [5.41, 5.74) is 4.60. The lowest BCUT2D eigenvalue weighted by Gasteiger charge is -2.06. The third-order valence-corrected chi connectivity index (χ3v) is 4.75. The van der Waals surface area contributed by atoms with Gasteiger partial charge in [0, 0.05) is 9.26 Å². The van der Waals surface area contributed by atoms with Crippen molar-refractivity contribution in [2.75, 3.05) is 11.9 Å². The van der Waals surface area contributed by atoms with Crippen LogP contribution in [0.25, 0.3) is 0 Å². The number of ether oxygens (including phenoxy) is 1. The number of hydrogen-bond donors (Lipinski definition) is 2. The molecule has 0 fully saturated rings. The number of nitrogens with one attached hydrogen (secondary N) is 2. The van der Waals surface area contributed by atoms with Crippen LogP contribution in [0.2, 0.25) is 0 Å². The molecule has 0 aliphatic heterocycles. The van der Waals surface area contributed by atoms with Crippen LogP contribution < -0.4 is 15.5 Å². The summed E-state index contributed by atoms with van der Waals surface area (Å²) in [4.78, 5) is 24.0. The van der Waals surface area contributed by atoms with Crippen LogP contribution in [0.4, 0.5) is 5.69 Å². The summed E-state index contributed by atoms with van der Waals surface area (Å²) < 4.78 is 6.22. The molecule has 3 aromatic carbocycles. The second-order valence-electron chi connectivity index (χ2n) is 5.95. The number of anilines is 1. The van der Waals surface area contributed by atoms with Gasteiger partial charge in [-0.2, -0.15) is 5.10 Å². The van der Waals surface area contributed by atoms with E-state index in [0.717, 1.165) is 14.8 Å². The number of carbonyl (C=O) groups excluding carboxylic acids is 2. The fourth-order valence-corrected chi connectivity index (χ4v) is 2.97. The first kappa shape index (κ1) is 20.5. The summed E-state index contributed by atoms with van der Waals surface area (Å²) in [6.07, 6.45) is 1.52. The van der Waals surface area contributed by atoms with E-state index < -0.39 is 5.97 Å². The Balaban J connectivity index is 1.48. The van der Waals surface area contributed by atoms with E-state index in [1.165, 1.54) is 6.21 Å². The summed E-state index contributed by atoms with van der Waals surface area (Å²) in [5.74, 6) is -0.231. The molecule has 0 radical (unpaired) electrons. The van der Waals surface area contributed by atoms with Gasteiger partial charge in [0.25, 0.3) is 5.91 Å². The molecule has 0 spiro atoms. The molecule has 0 saturated carbocycles. The average Bonchev–Trinajstić information content (AvgIpc) is 2.74. The molecule has 0 bridgehead atoms. The van der Waals surface area contributed by atoms with Gasteiger partial charge in [0.1, 0.15) is 5.75 Å². The number of nitrogens with zero attached hydrogens (tertiary/aromatic N) is 1. The molecule has 0 aromatic heterocycles. The second-order valence-corrected chi connectivity index (χ2v) is 7.11. The van der Waals surface area contributed by atoms with Crippen LogP contribution in [-0.4, -0.2) is 24.6 Å². The first-order valence-corrected chi connectivity index (χ1v) is 9.87. The number of carbonyl (C=O) groups is 2. The van der Waals surface area contributed by atoms with E-state index in [4.69, 9.17) is 4.74 Å². The van der Waals surface area contributed by atoms with E-state index in [9.17, 15) is 9.59 Å². The largest absolute Gasteiger partial charge is 0.423 e. The molecule has 7 heteroatoms. The van der Waals surface area contributed by atoms with Gasteiger partial charge in [0.05, 0.1) is 18.3 Å². The van der Waals surface area contributed by atoms with Gasteiger partial charge in [0.2, 0.25) is 0 Å². The Morgan fingerprint density at radius 3 is 2.34 bits per heavy atom. The molecule has 0 atom stereocenters. The van der Waals surface area contributed by atoms with Crippen molar-refractivity contribution in [3.63, 3.8) is 0 Å². The van der Waals surface area contributed by atoms with Gasteiger partial charge >= 0.3 is 5.97 Å². The molecular formula is C22H18IN3O3. The SMILES string of the molecule is O=C(CNc1ccccc1)N/N=C/c1ccc(OC(=O)c2ccccc2I)cc1. The Kier molecular flexibility index (Phi) is 7.34. The zero-order valence-corrected chi connectivity index (χ0v) is 17.5. The molecule has 29 heavy (non-hydrogen) atoms. The Morgan fingerprint density at radius 1 is 0.931 bits per heavy atom. The highest BCUT2D eigenvalue weighted by atomic mass is 127. The predicted octanol–water partition coefficient (Wildman–Crippen LogP) is 4.07. The van der Waals surface area contributed by atoms with Crippen LogP contribution in [-0.2, 0) is 4.79 Å². The minimum Gasteiger partial charge on any atom is -0.423 e. The quantitative estimate of drug-likeness (QED) is 0.169. The summed E-state index contributed by atoms with van der Waals surface area (Å²) in [7, 11) is 0. The molecule has 0 aliphatic rings. The highest BCUT2D eigenvalue weighted by Crippen LogP contribution is 2.17. The lowest BCUT2D eigenvalue weighted by molar-refractivity contribution is -0.119. The lowest BCUT2D eigenvalue weighted by Crippen LogP contribution is -2.25. The summed E-state index contributed by atoms with van der Waals surface area (Å²) >= 11 is 2.10. The first-order chi connectivity index (χ1) is 14.1. The summed E-state index contributed by atoms with van der Waals surface area (Å²) in [6, 6.07) is 23.5. The minimum atomic E-state index is -0.408. The van der Waals surface area contributed by atoms with Gasteiger partial charge in [-0.25, -0.2) is 10.2 Å². The van der Waals surface area contributed by atoms with Crippen LogP contribution in [0.3, 0.4) is 0 Å². The van der Waals surface area contributed by atoms with Crippen LogP contribution in [0.5, 0.6) is 5.75 Å². The maximum Gasteiger partial charge on any atom is 0.344 e. The van der Waals surface area contributed by atoms with Crippen LogP contribution in [0.15, 0.2) is 84.0 Å². The van der Waals surface area contributed by atoms with Crippen molar-refractivity contribution in [1.29, 1.82) is 0 Å². The van der Waals surface area contributed by atoms with Gasteiger partial charge in [-0.1, -0.05) is 30.3 Å². The molecule has 1 amide bonds. The number of benzene rings is 3. The normalized spacial score (nSPS) is 10.5. The van der Waals surface area contributed by atoms with Crippen LogP contribution >= 0.6 is 22.6 Å². The molecular weight excluding hydrogens is 481 g/mol. The topological polar surface area (TPSA) is 79.8 Å². The first-order valence-electron chi connectivity index (χ1n) is 8.79. The molecule has 0 aliphatic carbocycles. The molecule has 146 valence electrons. The van der Waals surface area contributed by atoms with Crippen LogP contribution in [0, 0.1) is 3.57 Å². The maximum absolute atomic E-state index is 12.2. The van der Waals surface area contributed by atoms with Gasteiger partial charge < -0.3 is 10.1 Å². The Bertz CT molecular complexity index is 1010. The monoisotopic (exact) mass is 499 g/mol. The molecule has 0 unspecified atom stereocenters. The van der Waals surface area contributed by atoms with E-state index in [1.807, 2.05) is 42.5 Å². The predicted molar refractivity (Wildman–Crippen MR) is 121 cm³/mol. The number of amides is 1. The number of halogens is 1. The van der Waals surface area contributed by atoms with E-state index >= 15 is 0 Å². The maximum atomic E-state index is 12.2. The van der Waals surface area contributed by atoms with E-state index in [2.05, 4.69) is 38.4 Å². The molecule has 6 nitrogen and oxygen atoms in total. The van der Waals surface area contributed by atoms with Gasteiger partial charge in [-0.15, -0.1) is 0 Å². The molecule has 3 rings (SSSR count). The molecule has 0 saturated heterocycles. The second kappa shape index (κ2) is 10.4. The van der Waals surface area contributed by atoms with Gasteiger partial charge in [-0.05, 0) is 76.7 Å².